The number of hydrazone groups is 1. The Bertz CT molecular complexity index is 775. The van der Waals surface area contributed by atoms with Gasteiger partial charge in [0.25, 0.3) is 0 Å². The minimum Gasteiger partial charge on any atom is -0.273 e. The Hall–Kier alpha value is -2.21. The molecule has 0 aromatic heterocycles. The first-order valence-corrected chi connectivity index (χ1v) is 8.97. The number of hydrogen-bond acceptors (Lipinski definition) is 4. The predicted octanol–water partition coefficient (Wildman–Crippen LogP) is 2.56. The maximum atomic E-state index is 11.9. The van der Waals surface area contributed by atoms with E-state index in [9.17, 15) is 13.2 Å². The largest absolute Gasteiger partial charge is 0.273 e. The van der Waals surface area contributed by atoms with Gasteiger partial charge in [-0.2, -0.15) is 5.10 Å². The number of amides is 1. The smallest absolute Gasteiger partial charge is 0.240 e. The second-order valence-corrected chi connectivity index (χ2v) is 7.64. The Balaban J connectivity index is 2.23. The number of benzene rings is 1. The van der Waals surface area contributed by atoms with E-state index in [4.69, 9.17) is 0 Å². The van der Waals surface area contributed by atoms with Gasteiger partial charge in [0.1, 0.15) is 0 Å². The van der Waals surface area contributed by atoms with E-state index in [1.165, 1.54) is 6.08 Å². The summed E-state index contributed by atoms with van der Waals surface area (Å²) in [6.45, 7) is 7.34. The molecule has 1 aromatic carbocycles. The van der Waals surface area contributed by atoms with Crippen molar-refractivity contribution in [2.24, 2.45) is 11.0 Å². The lowest BCUT2D eigenvalue weighted by Crippen LogP contribution is -2.31. The van der Waals surface area contributed by atoms with E-state index in [2.05, 4.69) is 17.1 Å². The molecule has 1 unspecified atom stereocenters. The highest BCUT2D eigenvalue weighted by atomic mass is 32.2. The maximum absolute atomic E-state index is 11.9. The highest BCUT2D eigenvalue weighted by Crippen LogP contribution is 2.19. The lowest BCUT2D eigenvalue weighted by molar-refractivity contribution is -0.121. The predicted molar refractivity (Wildman–Crippen MR) is 91.7 cm³/mol. The minimum atomic E-state index is -3.30. The molecule has 1 heterocycles. The molecule has 0 radical (unpaired) electrons. The zero-order chi connectivity index (χ0) is 17.0. The molecular weight excluding hydrogens is 312 g/mol. The van der Waals surface area contributed by atoms with Crippen molar-refractivity contribution in [3.8, 4) is 0 Å². The van der Waals surface area contributed by atoms with Gasteiger partial charge in [0.2, 0.25) is 5.91 Å². The van der Waals surface area contributed by atoms with Crippen LogP contribution in [0.15, 0.2) is 52.5 Å². The molecular formula is C17H20N2O3S. The van der Waals surface area contributed by atoms with Crippen molar-refractivity contribution in [1.29, 1.82) is 0 Å². The van der Waals surface area contributed by atoms with Gasteiger partial charge in [0.15, 0.2) is 9.84 Å². The zero-order valence-corrected chi connectivity index (χ0v) is 14.1. The van der Waals surface area contributed by atoms with E-state index in [1.807, 2.05) is 19.9 Å². The molecule has 0 spiro atoms. The first kappa shape index (κ1) is 17.1. The fraction of sp³-hybridized carbons (Fsp3) is 0.294. The molecule has 1 N–H and O–H groups in total. The lowest BCUT2D eigenvalue weighted by Gasteiger charge is -2.19. The van der Waals surface area contributed by atoms with Gasteiger partial charge >= 0.3 is 0 Å². The van der Waals surface area contributed by atoms with Gasteiger partial charge in [-0.25, -0.2) is 13.8 Å². The van der Waals surface area contributed by atoms with E-state index >= 15 is 0 Å². The zero-order valence-electron chi connectivity index (χ0n) is 13.2. The molecule has 2 rings (SSSR count). The maximum Gasteiger partial charge on any atom is 0.240 e. The van der Waals surface area contributed by atoms with Gasteiger partial charge < -0.3 is 0 Å². The quantitative estimate of drug-likeness (QED) is 0.842. The van der Waals surface area contributed by atoms with Crippen LogP contribution in [0.2, 0.25) is 0 Å². The van der Waals surface area contributed by atoms with E-state index < -0.39 is 9.84 Å². The van der Waals surface area contributed by atoms with Gasteiger partial charge in [-0.1, -0.05) is 31.2 Å². The molecule has 1 aliphatic rings. The number of hydrogen-bond donors (Lipinski definition) is 1. The molecule has 1 atom stereocenters. The van der Waals surface area contributed by atoms with E-state index in [0.29, 0.717) is 6.42 Å². The monoisotopic (exact) mass is 332 g/mol. The summed E-state index contributed by atoms with van der Waals surface area (Å²) in [7, 11) is -3.30. The summed E-state index contributed by atoms with van der Waals surface area (Å²) in [5, 5.41) is 4.11. The van der Waals surface area contributed by atoms with Gasteiger partial charge in [-0.15, -0.1) is 6.58 Å². The Labute approximate surface area is 136 Å². The van der Waals surface area contributed by atoms with Crippen molar-refractivity contribution in [1.82, 2.24) is 5.43 Å². The fourth-order valence-corrected chi connectivity index (χ4v) is 3.53. The highest BCUT2D eigenvalue weighted by molar-refractivity contribution is 7.91. The van der Waals surface area contributed by atoms with Crippen LogP contribution in [0.5, 0.6) is 0 Å². The van der Waals surface area contributed by atoms with Crippen molar-refractivity contribution in [3.05, 3.63) is 48.1 Å². The number of nitrogens with one attached hydrogen (secondary N) is 1. The molecule has 0 saturated heterocycles. The molecule has 122 valence electrons. The molecule has 0 fully saturated rings. The summed E-state index contributed by atoms with van der Waals surface area (Å²) in [5.41, 5.74) is 5.16. The molecule has 0 bridgehead atoms. The Morgan fingerprint density at radius 2 is 2.04 bits per heavy atom. The first-order chi connectivity index (χ1) is 10.8. The lowest BCUT2D eigenvalue weighted by atomic mass is 9.94. The number of rotatable bonds is 5. The van der Waals surface area contributed by atoms with E-state index in [1.54, 1.807) is 24.3 Å². The number of carbonyl (C=O) groups excluding carboxylic acids is 1. The van der Waals surface area contributed by atoms with Gasteiger partial charge in [-0.3, -0.25) is 4.79 Å². The standard InChI is InChI=1S/C17H20N2O3S/c1-4-9-23(21,22)15-7-5-14(6-8-15)10-12(2)17-13(3)11-16(20)18-19-17/h4-8,10,13H,1,9,11H2,2-3H3,(H,18,20). The summed E-state index contributed by atoms with van der Waals surface area (Å²) in [5.74, 6) is -0.0898. The van der Waals surface area contributed by atoms with Crippen LogP contribution in [0.4, 0.5) is 0 Å². The van der Waals surface area contributed by atoms with Crippen LogP contribution >= 0.6 is 0 Å². The second-order valence-electron chi connectivity index (χ2n) is 5.60. The summed E-state index contributed by atoms with van der Waals surface area (Å²) in [6.07, 6.45) is 3.73. The van der Waals surface area contributed by atoms with Crippen LogP contribution in [-0.4, -0.2) is 25.8 Å². The topological polar surface area (TPSA) is 75.6 Å². The fourth-order valence-electron chi connectivity index (χ4n) is 2.48. The molecule has 0 saturated carbocycles. The minimum absolute atomic E-state index is 0.0623. The van der Waals surface area contributed by atoms with Crippen LogP contribution < -0.4 is 5.43 Å². The Morgan fingerprint density at radius 3 is 2.61 bits per heavy atom. The Morgan fingerprint density at radius 1 is 1.39 bits per heavy atom. The number of sulfone groups is 1. The number of nitrogens with zero attached hydrogens (tertiary/aromatic N) is 1. The highest BCUT2D eigenvalue weighted by Gasteiger charge is 2.21. The van der Waals surface area contributed by atoms with Crippen molar-refractivity contribution in [3.63, 3.8) is 0 Å². The Kier molecular flexibility index (Phi) is 5.15. The average Bonchev–Trinajstić information content (AvgIpc) is 2.47. The van der Waals surface area contributed by atoms with Gasteiger partial charge in [0, 0.05) is 12.3 Å². The molecule has 23 heavy (non-hydrogen) atoms. The van der Waals surface area contributed by atoms with Crippen molar-refractivity contribution in [2.75, 3.05) is 5.75 Å². The van der Waals surface area contributed by atoms with E-state index in [-0.39, 0.29) is 22.5 Å². The number of allylic oxidation sites excluding steroid dienone is 1. The van der Waals surface area contributed by atoms with Gasteiger partial charge in [0.05, 0.1) is 16.4 Å². The normalized spacial score (nSPS) is 19.0. The van der Waals surface area contributed by atoms with Crippen LogP contribution in [-0.2, 0) is 14.6 Å². The summed E-state index contributed by atoms with van der Waals surface area (Å²) >= 11 is 0. The molecule has 1 aromatic rings. The molecule has 1 amide bonds. The summed E-state index contributed by atoms with van der Waals surface area (Å²) in [4.78, 5) is 11.6. The third-order valence-corrected chi connectivity index (χ3v) is 5.29. The van der Waals surface area contributed by atoms with Crippen molar-refractivity contribution < 1.29 is 13.2 Å². The molecule has 6 heteroatoms. The molecule has 5 nitrogen and oxygen atoms in total. The third-order valence-electron chi connectivity index (χ3n) is 3.62. The SMILES string of the molecule is C=CCS(=O)(=O)c1ccc(C=C(C)C2=NNC(=O)CC2C)cc1. The molecule has 0 aliphatic carbocycles. The second kappa shape index (κ2) is 6.91. The van der Waals surface area contributed by atoms with Crippen LogP contribution in [0.3, 0.4) is 0 Å². The van der Waals surface area contributed by atoms with Crippen LogP contribution in [0, 0.1) is 5.92 Å². The summed E-state index contributed by atoms with van der Waals surface area (Å²) in [6, 6.07) is 6.69. The molecule has 1 aliphatic heterocycles. The first-order valence-electron chi connectivity index (χ1n) is 7.32. The third kappa shape index (κ3) is 4.16. The van der Waals surface area contributed by atoms with Gasteiger partial charge in [-0.05, 0) is 30.2 Å². The van der Waals surface area contributed by atoms with Crippen molar-refractivity contribution in [2.45, 2.75) is 25.2 Å². The van der Waals surface area contributed by atoms with Crippen LogP contribution in [0.25, 0.3) is 6.08 Å². The van der Waals surface area contributed by atoms with Crippen LogP contribution in [0.1, 0.15) is 25.8 Å². The average molecular weight is 332 g/mol. The summed E-state index contributed by atoms with van der Waals surface area (Å²) < 4.78 is 23.9. The van der Waals surface area contributed by atoms with Crippen molar-refractivity contribution >= 4 is 27.5 Å². The van der Waals surface area contributed by atoms with E-state index in [0.717, 1.165) is 16.8 Å². The number of carbonyl (C=O) groups is 1.